The maximum Gasteiger partial charge on any atom is 0.330 e. The number of hydrogen-bond donors (Lipinski definition) is 0. The Kier molecular flexibility index (Phi) is 4.88. The summed E-state index contributed by atoms with van der Waals surface area (Å²) in [5, 5.41) is 0. The Labute approximate surface area is 123 Å². The molecule has 2 rings (SSSR count). The highest BCUT2D eigenvalue weighted by Crippen LogP contribution is 2.23. The van der Waals surface area contributed by atoms with Crippen LogP contribution in [-0.2, 0) is 16.0 Å². The lowest BCUT2D eigenvalue weighted by molar-refractivity contribution is -0.134. The number of rotatable bonds is 4. The number of allylic oxidation sites excluding steroid dienone is 1. The summed E-state index contributed by atoms with van der Waals surface area (Å²) in [5.41, 5.74) is 3.41. The van der Waals surface area contributed by atoms with E-state index in [1.54, 1.807) is 12.1 Å². The van der Waals surface area contributed by atoms with Crippen LogP contribution in [0.3, 0.4) is 0 Å². The quantitative estimate of drug-likeness (QED) is 0.622. The van der Waals surface area contributed by atoms with E-state index in [9.17, 15) is 9.18 Å². The molecule has 0 atom stereocenters. The van der Waals surface area contributed by atoms with E-state index in [-0.39, 0.29) is 11.8 Å². The van der Waals surface area contributed by atoms with Crippen molar-refractivity contribution in [3.8, 4) is 11.1 Å². The minimum Gasteiger partial charge on any atom is -0.466 e. The number of ether oxygens (including phenoxy) is 1. The van der Waals surface area contributed by atoms with Gasteiger partial charge in [-0.3, -0.25) is 0 Å². The van der Waals surface area contributed by atoms with Crippen LogP contribution in [0.1, 0.15) is 12.5 Å². The average molecular weight is 284 g/mol. The number of hydrogen-bond acceptors (Lipinski definition) is 2. The standard InChI is InChI=1S/C18H17FO2/c1-13(12-18(20)21-2)11-14-7-9-15(10-8-14)16-5-3-4-6-17(16)19/h3-10,12H,11H2,1-2H3/b13-12+. The number of halogens is 1. The summed E-state index contributed by atoms with van der Waals surface area (Å²) < 4.78 is 18.3. The number of esters is 1. The van der Waals surface area contributed by atoms with E-state index in [0.29, 0.717) is 12.0 Å². The molecule has 2 aromatic rings. The Balaban J connectivity index is 2.15. The van der Waals surface area contributed by atoms with E-state index in [4.69, 9.17) is 0 Å². The maximum absolute atomic E-state index is 13.7. The Morgan fingerprint density at radius 2 is 1.81 bits per heavy atom. The molecule has 0 N–H and O–H groups in total. The van der Waals surface area contributed by atoms with E-state index >= 15 is 0 Å². The fraction of sp³-hybridized carbons (Fsp3) is 0.167. The molecule has 0 aliphatic carbocycles. The van der Waals surface area contributed by atoms with E-state index in [2.05, 4.69) is 4.74 Å². The first-order valence-corrected chi connectivity index (χ1v) is 6.69. The molecule has 0 fully saturated rings. The van der Waals surface area contributed by atoms with Crippen molar-refractivity contribution in [2.75, 3.05) is 7.11 Å². The molecule has 0 spiro atoms. The summed E-state index contributed by atoms with van der Waals surface area (Å²) in [6.45, 7) is 1.88. The van der Waals surface area contributed by atoms with Crippen LogP contribution in [0, 0.1) is 5.82 Å². The predicted molar refractivity (Wildman–Crippen MR) is 81.3 cm³/mol. The van der Waals surface area contributed by atoms with Crippen molar-refractivity contribution < 1.29 is 13.9 Å². The van der Waals surface area contributed by atoms with Crippen LogP contribution in [0.15, 0.2) is 60.2 Å². The summed E-state index contributed by atoms with van der Waals surface area (Å²) in [6.07, 6.45) is 2.14. The Hall–Kier alpha value is -2.42. The van der Waals surface area contributed by atoms with Gasteiger partial charge < -0.3 is 4.74 Å². The predicted octanol–water partition coefficient (Wildman–Crippen LogP) is 4.15. The van der Waals surface area contributed by atoms with Gasteiger partial charge in [0.15, 0.2) is 0 Å². The van der Waals surface area contributed by atoms with Crippen LogP contribution in [0.5, 0.6) is 0 Å². The molecule has 21 heavy (non-hydrogen) atoms. The largest absolute Gasteiger partial charge is 0.466 e. The summed E-state index contributed by atoms with van der Waals surface area (Å²) in [7, 11) is 1.36. The van der Waals surface area contributed by atoms with Gasteiger partial charge in [0.05, 0.1) is 7.11 Å². The van der Waals surface area contributed by atoms with Gasteiger partial charge in [0.1, 0.15) is 5.82 Å². The molecule has 0 bridgehead atoms. The van der Waals surface area contributed by atoms with E-state index < -0.39 is 0 Å². The lowest BCUT2D eigenvalue weighted by atomic mass is 10.0. The molecule has 0 saturated heterocycles. The molecule has 0 heterocycles. The molecule has 0 radical (unpaired) electrons. The molecule has 0 aliphatic heterocycles. The van der Waals surface area contributed by atoms with E-state index in [1.165, 1.54) is 19.3 Å². The topological polar surface area (TPSA) is 26.3 Å². The Morgan fingerprint density at radius 3 is 2.43 bits per heavy atom. The van der Waals surface area contributed by atoms with E-state index in [1.807, 2.05) is 37.3 Å². The molecule has 0 amide bonds. The van der Waals surface area contributed by atoms with Crippen LogP contribution < -0.4 is 0 Å². The van der Waals surface area contributed by atoms with Gasteiger partial charge >= 0.3 is 5.97 Å². The first kappa shape index (κ1) is 15.0. The number of methoxy groups -OCH3 is 1. The van der Waals surface area contributed by atoms with E-state index in [0.717, 1.165) is 16.7 Å². The molecule has 0 aromatic heterocycles. The zero-order valence-corrected chi connectivity index (χ0v) is 12.1. The van der Waals surface area contributed by atoms with Gasteiger partial charge in [-0.1, -0.05) is 48.0 Å². The summed E-state index contributed by atoms with van der Waals surface area (Å²) in [4.78, 5) is 11.1. The van der Waals surface area contributed by atoms with Gasteiger partial charge in [-0.25, -0.2) is 9.18 Å². The Bertz CT molecular complexity index is 657. The second-order valence-electron chi connectivity index (χ2n) is 4.87. The second-order valence-corrected chi connectivity index (χ2v) is 4.87. The normalized spacial score (nSPS) is 11.3. The third-order valence-corrected chi connectivity index (χ3v) is 3.19. The smallest absolute Gasteiger partial charge is 0.330 e. The lowest BCUT2D eigenvalue weighted by Crippen LogP contribution is -1.97. The average Bonchev–Trinajstić information content (AvgIpc) is 2.48. The highest BCUT2D eigenvalue weighted by atomic mass is 19.1. The van der Waals surface area contributed by atoms with Crippen LogP contribution in [0.4, 0.5) is 4.39 Å². The van der Waals surface area contributed by atoms with Crippen molar-refractivity contribution >= 4 is 5.97 Å². The summed E-state index contributed by atoms with van der Waals surface area (Å²) in [6, 6.07) is 14.4. The van der Waals surface area contributed by atoms with Gasteiger partial charge in [-0.05, 0) is 30.5 Å². The number of carbonyl (C=O) groups is 1. The van der Waals surface area contributed by atoms with Crippen molar-refractivity contribution in [3.63, 3.8) is 0 Å². The maximum atomic E-state index is 13.7. The molecular weight excluding hydrogens is 267 g/mol. The lowest BCUT2D eigenvalue weighted by Gasteiger charge is -2.06. The Morgan fingerprint density at radius 1 is 1.14 bits per heavy atom. The fourth-order valence-corrected chi connectivity index (χ4v) is 2.13. The molecule has 0 aliphatic rings. The van der Waals surface area contributed by atoms with Crippen LogP contribution in [0.25, 0.3) is 11.1 Å². The van der Waals surface area contributed by atoms with Gasteiger partial charge in [-0.2, -0.15) is 0 Å². The second kappa shape index (κ2) is 6.84. The number of carbonyl (C=O) groups excluding carboxylic acids is 1. The van der Waals surface area contributed by atoms with Crippen molar-refractivity contribution in [1.29, 1.82) is 0 Å². The van der Waals surface area contributed by atoms with Crippen molar-refractivity contribution in [1.82, 2.24) is 0 Å². The first-order chi connectivity index (χ1) is 10.1. The minimum absolute atomic E-state index is 0.230. The summed E-state index contributed by atoms with van der Waals surface area (Å²) >= 11 is 0. The monoisotopic (exact) mass is 284 g/mol. The highest BCUT2D eigenvalue weighted by Gasteiger charge is 2.04. The van der Waals surface area contributed by atoms with Gasteiger partial charge in [-0.15, -0.1) is 0 Å². The molecule has 2 aromatic carbocycles. The summed E-state index contributed by atoms with van der Waals surface area (Å²) in [5.74, 6) is -0.581. The third-order valence-electron chi connectivity index (χ3n) is 3.19. The molecule has 108 valence electrons. The van der Waals surface area contributed by atoms with Crippen molar-refractivity contribution in [2.24, 2.45) is 0 Å². The minimum atomic E-state index is -0.351. The molecule has 3 heteroatoms. The van der Waals surface area contributed by atoms with Gasteiger partial charge in [0, 0.05) is 11.6 Å². The van der Waals surface area contributed by atoms with Crippen molar-refractivity contribution in [2.45, 2.75) is 13.3 Å². The third kappa shape index (κ3) is 4.02. The number of benzene rings is 2. The zero-order valence-electron chi connectivity index (χ0n) is 12.1. The van der Waals surface area contributed by atoms with Gasteiger partial charge in [0.2, 0.25) is 0 Å². The molecular formula is C18H17FO2. The van der Waals surface area contributed by atoms with Crippen LogP contribution in [0.2, 0.25) is 0 Å². The SMILES string of the molecule is COC(=O)/C=C(\C)Cc1ccc(-c2ccccc2F)cc1. The van der Waals surface area contributed by atoms with Gasteiger partial charge in [0.25, 0.3) is 0 Å². The fourth-order valence-electron chi connectivity index (χ4n) is 2.13. The molecule has 0 saturated carbocycles. The van der Waals surface area contributed by atoms with Crippen LogP contribution in [-0.4, -0.2) is 13.1 Å². The first-order valence-electron chi connectivity index (χ1n) is 6.69. The van der Waals surface area contributed by atoms with Crippen LogP contribution >= 0.6 is 0 Å². The zero-order chi connectivity index (χ0) is 15.2. The van der Waals surface area contributed by atoms with Crippen molar-refractivity contribution in [3.05, 3.63) is 71.6 Å². The molecule has 0 unspecified atom stereocenters. The highest BCUT2D eigenvalue weighted by molar-refractivity contribution is 5.82. The molecule has 2 nitrogen and oxygen atoms in total.